The molecule has 0 aromatic heterocycles. The third kappa shape index (κ3) is 2.36. The Bertz CT molecular complexity index is 602. The third-order valence-electron chi connectivity index (χ3n) is 4.08. The Balaban J connectivity index is 2.04. The monoisotopic (exact) mass is 300 g/mol. The van der Waals surface area contributed by atoms with E-state index in [1.807, 2.05) is 6.08 Å². The first-order valence-electron chi connectivity index (χ1n) is 6.88. The fourth-order valence-corrected chi connectivity index (χ4v) is 2.77. The van der Waals surface area contributed by atoms with E-state index in [4.69, 9.17) is 0 Å². The zero-order chi connectivity index (χ0) is 15.4. The van der Waals surface area contributed by atoms with Gasteiger partial charge in [0.25, 0.3) is 0 Å². The van der Waals surface area contributed by atoms with Crippen LogP contribution in [0.3, 0.4) is 0 Å². The minimum absolute atomic E-state index is 0.214. The summed E-state index contributed by atoms with van der Waals surface area (Å²) < 4.78 is 53.9. The first-order valence-corrected chi connectivity index (χ1v) is 6.88. The van der Waals surface area contributed by atoms with Gasteiger partial charge in [0.05, 0.1) is 12.1 Å². The summed E-state index contributed by atoms with van der Waals surface area (Å²) in [6.45, 7) is 1.75. The number of nitrogens with zero attached hydrogens (tertiary/aromatic N) is 2. The van der Waals surface area contributed by atoms with E-state index in [1.165, 1.54) is 18.0 Å². The van der Waals surface area contributed by atoms with Crippen LogP contribution in [0.1, 0.15) is 24.0 Å². The van der Waals surface area contributed by atoms with Crippen molar-refractivity contribution in [1.29, 1.82) is 0 Å². The van der Waals surface area contributed by atoms with Crippen molar-refractivity contribution in [3.63, 3.8) is 0 Å². The van der Waals surface area contributed by atoms with Gasteiger partial charge in [-0.05, 0) is 37.5 Å². The molecule has 1 heterocycles. The van der Waals surface area contributed by atoms with Crippen LogP contribution in [0.4, 0.5) is 23.2 Å². The molecular formula is C15H16F4N2. The summed E-state index contributed by atoms with van der Waals surface area (Å²) in [5.41, 5.74) is -0.102. The van der Waals surface area contributed by atoms with Crippen LogP contribution < -0.4 is 5.01 Å². The number of hydrogen-bond acceptors (Lipinski definition) is 2. The molecule has 0 atom stereocenters. The topological polar surface area (TPSA) is 6.48 Å². The van der Waals surface area contributed by atoms with Gasteiger partial charge in [0, 0.05) is 18.7 Å². The number of anilines is 1. The van der Waals surface area contributed by atoms with Crippen LogP contribution in [0, 0.1) is 18.7 Å². The number of allylic oxidation sites excluding steroid dienone is 1. The fraction of sp³-hybridized carbons (Fsp3) is 0.467. The predicted molar refractivity (Wildman–Crippen MR) is 72.1 cm³/mol. The zero-order valence-corrected chi connectivity index (χ0v) is 11.8. The Kier molecular flexibility index (Phi) is 3.15. The second-order valence-corrected chi connectivity index (χ2v) is 5.60. The summed E-state index contributed by atoms with van der Waals surface area (Å²) in [6.07, 6.45) is -0.592. The van der Waals surface area contributed by atoms with Gasteiger partial charge in [-0.3, -0.25) is 10.0 Å². The van der Waals surface area contributed by atoms with E-state index in [9.17, 15) is 17.6 Å². The van der Waals surface area contributed by atoms with Gasteiger partial charge in [0.2, 0.25) is 0 Å². The molecule has 1 aliphatic heterocycles. The summed E-state index contributed by atoms with van der Waals surface area (Å²) in [5.74, 6) is -0.399. The van der Waals surface area contributed by atoms with Crippen molar-refractivity contribution in [2.24, 2.45) is 5.92 Å². The largest absolute Gasteiger partial charge is 0.418 e. The minimum Gasteiger partial charge on any atom is -0.292 e. The highest BCUT2D eigenvalue weighted by molar-refractivity contribution is 5.59. The molecule has 1 aromatic carbocycles. The summed E-state index contributed by atoms with van der Waals surface area (Å²) in [7, 11) is 1.69. The van der Waals surface area contributed by atoms with Crippen molar-refractivity contribution in [2.75, 3.05) is 18.6 Å². The second kappa shape index (κ2) is 4.64. The molecule has 1 fully saturated rings. The average molecular weight is 300 g/mol. The van der Waals surface area contributed by atoms with Crippen molar-refractivity contribution in [3.8, 4) is 0 Å². The van der Waals surface area contributed by atoms with Crippen molar-refractivity contribution in [2.45, 2.75) is 25.9 Å². The maximum atomic E-state index is 14.4. The maximum absolute atomic E-state index is 14.4. The maximum Gasteiger partial charge on any atom is 0.418 e. The highest BCUT2D eigenvalue weighted by Crippen LogP contribution is 2.44. The van der Waals surface area contributed by atoms with Gasteiger partial charge < -0.3 is 0 Å². The Morgan fingerprint density at radius 3 is 2.43 bits per heavy atom. The van der Waals surface area contributed by atoms with E-state index in [-0.39, 0.29) is 17.8 Å². The van der Waals surface area contributed by atoms with E-state index >= 15 is 0 Å². The summed E-state index contributed by atoms with van der Waals surface area (Å²) >= 11 is 0. The summed E-state index contributed by atoms with van der Waals surface area (Å²) in [6, 6.07) is 2.13. The molecule has 3 rings (SSSR count). The van der Waals surface area contributed by atoms with Crippen LogP contribution in [-0.2, 0) is 6.18 Å². The van der Waals surface area contributed by atoms with Gasteiger partial charge in [-0.2, -0.15) is 13.2 Å². The van der Waals surface area contributed by atoms with Gasteiger partial charge >= 0.3 is 6.18 Å². The van der Waals surface area contributed by atoms with Crippen molar-refractivity contribution in [3.05, 3.63) is 40.8 Å². The SMILES string of the molecule is Cc1ccc(C(F)(F)F)c(N2CC=C(C3CC3)N2C)c1F. The highest BCUT2D eigenvalue weighted by atomic mass is 19.4. The number of halogens is 4. The third-order valence-corrected chi connectivity index (χ3v) is 4.08. The second-order valence-electron chi connectivity index (χ2n) is 5.60. The number of alkyl halides is 3. The summed E-state index contributed by atoms with van der Waals surface area (Å²) in [5, 5.41) is 3.03. The van der Waals surface area contributed by atoms with Crippen LogP contribution in [0.15, 0.2) is 23.9 Å². The Hall–Kier alpha value is -1.72. The van der Waals surface area contributed by atoms with Crippen molar-refractivity contribution in [1.82, 2.24) is 5.01 Å². The van der Waals surface area contributed by atoms with Gasteiger partial charge in [0.1, 0.15) is 5.69 Å². The zero-order valence-electron chi connectivity index (χ0n) is 11.8. The van der Waals surface area contributed by atoms with E-state index in [2.05, 4.69) is 0 Å². The molecule has 0 radical (unpaired) electrons. The molecule has 0 spiro atoms. The first kappa shape index (κ1) is 14.2. The number of hydrazine groups is 1. The number of hydrogen-bond donors (Lipinski definition) is 0. The van der Waals surface area contributed by atoms with Crippen molar-refractivity contribution >= 4 is 5.69 Å². The van der Waals surface area contributed by atoms with E-state index in [1.54, 1.807) is 12.1 Å². The molecule has 6 heteroatoms. The van der Waals surface area contributed by atoms with Gasteiger partial charge in [-0.1, -0.05) is 6.07 Å². The predicted octanol–water partition coefficient (Wildman–Crippen LogP) is 4.11. The lowest BCUT2D eigenvalue weighted by molar-refractivity contribution is -0.137. The normalized spacial score (nSPS) is 19.2. The van der Waals surface area contributed by atoms with Crippen LogP contribution in [0.25, 0.3) is 0 Å². The minimum atomic E-state index is -4.58. The fourth-order valence-electron chi connectivity index (χ4n) is 2.77. The first-order chi connectivity index (χ1) is 9.80. The molecule has 1 aromatic rings. The molecule has 21 heavy (non-hydrogen) atoms. The lowest BCUT2D eigenvalue weighted by Crippen LogP contribution is -2.37. The van der Waals surface area contributed by atoms with E-state index in [0.29, 0.717) is 5.92 Å². The van der Waals surface area contributed by atoms with Crippen LogP contribution in [-0.4, -0.2) is 18.6 Å². The summed E-state index contributed by atoms with van der Waals surface area (Å²) in [4.78, 5) is 0. The number of rotatable bonds is 2. The van der Waals surface area contributed by atoms with Crippen molar-refractivity contribution < 1.29 is 17.6 Å². The lowest BCUT2D eigenvalue weighted by atomic mass is 10.1. The van der Waals surface area contributed by atoms with Gasteiger partial charge in [0.15, 0.2) is 5.82 Å². The Morgan fingerprint density at radius 2 is 1.86 bits per heavy atom. The van der Waals surface area contributed by atoms with Gasteiger partial charge in [-0.15, -0.1) is 0 Å². The van der Waals surface area contributed by atoms with Crippen LogP contribution in [0.5, 0.6) is 0 Å². The molecule has 0 unspecified atom stereocenters. The van der Waals surface area contributed by atoms with Crippen LogP contribution in [0.2, 0.25) is 0 Å². The smallest absolute Gasteiger partial charge is 0.292 e. The quantitative estimate of drug-likeness (QED) is 0.758. The molecule has 114 valence electrons. The average Bonchev–Trinajstić information content (AvgIpc) is 3.16. The molecule has 2 aliphatic rings. The van der Waals surface area contributed by atoms with E-state index < -0.39 is 17.6 Å². The highest BCUT2D eigenvalue weighted by Gasteiger charge is 2.40. The molecule has 0 saturated heterocycles. The van der Waals surface area contributed by atoms with Crippen LogP contribution >= 0.6 is 0 Å². The standard InChI is InChI=1S/C15H16F4N2/c1-9-3-6-11(15(17,18)19)14(13(9)16)21-8-7-12(20(21)2)10-4-5-10/h3,6-7,10H,4-5,8H2,1-2H3. The molecule has 1 aliphatic carbocycles. The van der Waals surface area contributed by atoms with Gasteiger partial charge in [-0.25, -0.2) is 4.39 Å². The molecule has 0 bridgehead atoms. The molecule has 0 amide bonds. The van der Waals surface area contributed by atoms with E-state index in [0.717, 1.165) is 24.6 Å². The number of aryl methyl sites for hydroxylation is 1. The molecule has 1 saturated carbocycles. The molecular weight excluding hydrogens is 284 g/mol. The Morgan fingerprint density at radius 1 is 1.19 bits per heavy atom. The Labute approximate surface area is 120 Å². The lowest BCUT2D eigenvalue weighted by Gasteiger charge is -2.33. The molecule has 2 nitrogen and oxygen atoms in total. The number of benzene rings is 1. The molecule has 0 N–H and O–H groups in total.